The summed E-state index contributed by atoms with van der Waals surface area (Å²) in [6.45, 7) is 7.48. The Labute approximate surface area is 125 Å². The Bertz CT molecular complexity index is 524. The first kappa shape index (κ1) is 15.5. The van der Waals surface area contributed by atoms with Gasteiger partial charge in [-0.25, -0.2) is 0 Å². The Balaban J connectivity index is 1.57. The Morgan fingerprint density at radius 2 is 2.10 bits per heavy atom. The summed E-state index contributed by atoms with van der Waals surface area (Å²) in [5, 5.41) is 9.85. The summed E-state index contributed by atoms with van der Waals surface area (Å²) in [4.78, 5) is 23.2. The van der Waals surface area contributed by atoms with Gasteiger partial charge in [-0.1, -0.05) is 6.92 Å². The van der Waals surface area contributed by atoms with Crippen molar-refractivity contribution in [2.45, 2.75) is 40.2 Å². The van der Waals surface area contributed by atoms with Crippen molar-refractivity contribution >= 4 is 11.8 Å². The number of hydrogen-bond acceptors (Lipinski definition) is 3. The van der Waals surface area contributed by atoms with Gasteiger partial charge in [0, 0.05) is 24.7 Å². The second-order valence-corrected chi connectivity index (χ2v) is 5.89. The Hall–Kier alpha value is -1.85. The average Bonchev–Trinajstić information content (AvgIpc) is 3.07. The van der Waals surface area contributed by atoms with Gasteiger partial charge in [-0.15, -0.1) is 0 Å². The summed E-state index contributed by atoms with van der Waals surface area (Å²) in [7, 11) is 0. The molecule has 0 spiro atoms. The molecule has 0 aromatic carbocycles. The number of rotatable bonds is 7. The van der Waals surface area contributed by atoms with Crippen molar-refractivity contribution in [1.82, 2.24) is 20.4 Å². The molecule has 2 unspecified atom stereocenters. The first-order valence-corrected chi connectivity index (χ1v) is 7.53. The number of nitrogens with zero attached hydrogens (tertiary/aromatic N) is 2. The summed E-state index contributed by atoms with van der Waals surface area (Å²) in [6.07, 6.45) is 1.76. The largest absolute Gasteiger partial charge is 0.355 e. The fourth-order valence-corrected chi connectivity index (χ4v) is 2.41. The minimum atomic E-state index is -0.134. The van der Waals surface area contributed by atoms with Gasteiger partial charge in [0.1, 0.15) is 0 Å². The molecule has 6 nitrogen and oxygen atoms in total. The van der Waals surface area contributed by atoms with Crippen molar-refractivity contribution in [3.8, 4) is 0 Å². The van der Waals surface area contributed by atoms with Crippen molar-refractivity contribution in [3.05, 3.63) is 17.5 Å². The highest BCUT2D eigenvalue weighted by Gasteiger charge is 2.38. The first-order valence-electron chi connectivity index (χ1n) is 7.53. The van der Waals surface area contributed by atoms with Crippen molar-refractivity contribution in [1.29, 1.82) is 0 Å². The third kappa shape index (κ3) is 4.58. The molecule has 1 aromatic rings. The van der Waals surface area contributed by atoms with Gasteiger partial charge in [-0.2, -0.15) is 5.10 Å². The predicted molar refractivity (Wildman–Crippen MR) is 79.6 cm³/mol. The molecule has 1 aliphatic carbocycles. The number of nitrogens with one attached hydrogen (secondary N) is 2. The van der Waals surface area contributed by atoms with E-state index in [1.807, 2.05) is 31.5 Å². The first-order chi connectivity index (χ1) is 9.97. The smallest absolute Gasteiger partial charge is 0.239 e. The molecule has 2 amide bonds. The van der Waals surface area contributed by atoms with Crippen molar-refractivity contribution in [2.24, 2.45) is 11.8 Å². The molecule has 1 heterocycles. The van der Waals surface area contributed by atoms with E-state index >= 15 is 0 Å². The van der Waals surface area contributed by atoms with Crippen LogP contribution in [0.3, 0.4) is 0 Å². The minimum absolute atomic E-state index is 0.000270. The second kappa shape index (κ2) is 6.74. The van der Waals surface area contributed by atoms with Crippen LogP contribution in [-0.2, 0) is 16.1 Å². The highest BCUT2D eigenvalue weighted by molar-refractivity contribution is 5.87. The molecule has 116 valence electrons. The van der Waals surface area contributed by atoms with E-state index in [0.29, 0.717) is 12.5 Å². The van der Waals surface area contributed by atoms with Gasteiger partial charge in [0.05, 0.1) is 12.2 Å². The molecule has 1 aliphatic rings. The van der Waals surface area contributed by atoms with Gasteiger partial charge < -0.3 is 10.6 Å². The topological polar surface area (TPSA) is 76.0 Å². The Morgan fingerprint density at radius 1 is 1.38 bits per heavy atom. The zero-order valence-corrected chi connectivity index (χ0v) is 13.0. The number of aryl methyl sites for hydroxylation is 3. The molecule has 6 heteroatoms. The minimum Gasteiger partial charge on any atom is -0.355 e. The van der Waals surface area contributed by atoms with E-state index in [1.54, 1.807) is 0 Å². The molecule has 1 aromatic heterocycles. The number of aromatic nitrogens is 2. The van der Waals surface area contributed by atoms with Crippen LogP contribution in [-0.4, -0.2) is 34.7 Å². The van der Waals surface area contributed by atoms with E-state index in [4.69, 9.17) is 0 Å². The van der Waals surface area contributed by atoms with E-state index in [2.05, 4.69) is 15.7 Å². The molecule has 0 saturated heterocycles. The van der Waals surface area contributed by atoms with Crippen LogP contribution in [0.5, 0.6) is 0 Å². The van der Waals surface area contributed by atoms with Crippen LogP contribution in [0.25, 0.3) is 0 Å². The number of carbonyl (C=O) groups is 2. The van der Waals surface area contributed by atoms with Crippen LogP contribution in [0.1, 0.15) is 31.2 Å². The molecule has 0 bridgehead atoms. The molecule has 0 aliphatic heterocycles. The summed E-state index contributed by atoms with van der Waals surface area (Å²) in [5.41, 5.74) is 2.14. The molecule has 1 fully saturated rings. The molecule has 2 N–H and O–H groups in total. The van der Waals surface area contributed by atoms with Gasteiger partial charge in [-0.05, 0) is 38.7 Å². The quantitative estimate of drug-likeness (QED) is 0.729. The molecular formula is C15H24N4O2. The summed E-state index contributed by atoms with van der Waals surface area (Å²) in [5.74, 6) is 0.447. The monoisotopic (exact) mass is 292 g/mol. The van der Waals surface area contributed by atoms with Crippen LogP contribution in [0.15, 0.2) is 6.07 Å². The zero-order valence-electron chi connectivity index (χ0n) is 13.0. The fourth-order valence-electron chi connectivity index (χ4n) is 2.41. The van der Waals surface area contributed by atoms with Crippen molar-refractivity contribution < 1.29 is 9.59 Å². The lowest BCUT2D eigenvalue weighted by Crippen LogP contribution is -2.38. The standard InChI is InChI=1S/C15H24N4O2/c1-10-7-13(10)15(21)17-9-14(20)16-5-4-6-19-12(3)8-11(2)18-19/h8,10,13H,4-7,9H2,1-3H3,(H,16,20)(H,17,21). The normalized spacial score (nSPS) is 20.1. The number of carbonyl (C=O) groups excluding carboxylic acids is 2. The third-order valence-electron chi connectivity index (χ3n) is 3.84. The highest BCUT2D eigenvalue weighted by atomic mass is 16.2. The average molecular weight is 292 g/mol. The number of hydrogen-bond donors (Lipinski definition) is 2. The molecule has 1 saturated carbocycles. The summed E-state index contributed by atoms with van der Waals surface area (Å²) in [6, 6.07) is 2.03. The van der Waals surface area contributed by atoms with Gasteiger partial charge >= 0.3 is 0 Å². The van der Waals surface area contributed by atoms with Gasteiger partial charge in [0.2, 0.25) is 11.8 Å². The van der Waals surface area contributed by atoms with Crippen LogP contribution in [0.4, 0.5) is 0 Å². The molecule has 0 radical (unpaired) electrons. The maximum atomic E-state index is 11.6. The van der Waals surface area contributed by atoms with Crippen LogP contribution < -0.4 is 10.6 Å². The van der Waals surface area contributed by atoms with E-state index < -0.39 is 0 Å². The fraction of sp³-hybridized carbons (Fsp3) is 0.667. The highest BCUT2D eigenvalue weighted by Crippen LogP contribution is 2.37. The zero-order chi connectivity index (χ0) is 15.4. The van der Waals surface area contributed by atoms with Crippen molar-refractivity contribution in [3.63, 3.8) is 0 Å². The van der Waals surface area contributed by atoms with Gasteiger partial charge in [-0.3, -0.25) is 14.3 Å². The second-order valence-electron chi connectivity index (χ2n) is 5.89. The van der Waals surface area contributed by atoms with E-state index in [9.17, 15) is 9.59 Å². The predicted octanol–water partition coefficient (Wildman–Crippen LogP) is 0.778. The summed E-state index contributed by atoms with van der Waals surface area (Å²) < 4.78 is 1.94. The lowest BCUT2D eigenvalue weighted by Gasteiger charge is -2.07. The molecule has 21 heavy (non-hydrogen) atoms. The summed E-state index contributed by atoms with van der Waals surface area (Å²) >= 11 is 0. The van der Waals surface area contributed by atoms with Crippen LogP contribution >= 0.6 is 0 Å². The van der Waals surface area contributed by atoms with Crippen molar-refractivity contribution in [2.75, 3.05) is 13.1 Å². The lowest BCUT2D eigenvalue weighted by atomic mass is 10.3. The number of amides is 2. The van der Waals surface area contributed by atoms with Crippen LogP contribution in [0, 0.1) is 25.7 Å². The van der Waals surface area contributed by atoms with E-state index in [0.717, 1.165) is 30.8 Å². The maximum Gasteiger partial charge on any atom is 0.239 e. The Kier molecular flexibility index (Phi) is 4.98. The Morgan fingerprint density at radius 3 is 2.67 bits per heavy atom. The van der Waals surface area contributed by atoms with E-state index in [1.165, 1.54) is 0 Å². The van der Waals surface area contributed by atoms with E-state index in [-0.39, 0.29) is 24.3 Å². The molecular weight excluding hydrogens is 268 g/mol. The lowest BCUT2D eigenvalue weighted by molar-refractivity contribution is -0.127. The van der Waals surface area contributed by atoms with Gasteiger partial charge in [0.15, 0.2) is 0 Å². The SMILES string of the molecule is Cc1cc(C)n(CCCNC(=O)CNC(=O)C2CC2C)n1. The van der Waals surface area contributed by atoms with Crippen LogP contribution in [0.2, 0.25) is 0 Å². The van der Waals surface area contributed by atoms with Gasteiger partial charge in [0.25, 0.3) is 0 Å². The molecule has 2 rings (SSSR count). The molecule has 2 atom stereocenters. The maximum absolute atomic E-state index is 11.6. The third-order valence-corrected chi connectivity index (χ3v) is 3.84.